The largest absolute Gasteiger partial charge is 0.471 e. The Morgan fingerprint density at radius 1 is 1.45 bits per heavy atom. The van der Waals surface area contributed by atoms with E-state index in [4.69, 9.17) is 5.73 Å². The van der Waals surface area contributed by atoms with Crippen LogP contribution in [0.3, 0.4) is 0 Å². The molecular weight excluding hydrogens is 271 g/mol. The van der Waals surface area contributed by atoms with Gasteiger partial charge in [-0.05, 0) is 31.1 Å². The molecule has 0 saturated heterocycles. The van der Waals surface area contributed by atoms with Gasteiger partial charge in [-0.2, -0.15) is 18.2 Å². The van der Waals surface area contributed by atoms with Crippen molar-refractivity contribution < 1.29 is 17.7 Å². The molecule has 0 aromatic carbocycles. The van der Waals surface area contributed by atoms with E-state index in [1.807, 2.05) is 0 Å². The fourth-order valence-corrected chi connectivity index (χ4v) is 3.04. The minimum absolute atomic E-state index is 0.0155. The van der Waals surface area contributed by atoms with E-state index in [0.717, 1.165) is 19.3 Å². The fraction of sp³-hybridized carbons (Fsp3) is 0.846. The predicted octanol–water partition coefficient (Wildman–Crippen LogP) is 3.48. The van der Waals surface area contributed by atoms with Crippen molar-refractivity contribution in [3.05, 3.63) is 11.7 Å². The molecule has 4 nitrogen and oxygen atoms in total. The number of hydrogen-bond donors (Lipinski definition) is 1. The molecule has 1 aliphatic rings. The van der Waals surface area contributed by atoms with E-state index in [2.05, 4.69) is 28.5 Å². The molecule has 0 aliphatic heterocycles. The van der Waals surface area contributed by atoms with Gasteiger partial charge < -0.3 is 10.3 Å². The van der Waals surface area contributed by atoms with Gasteiger partial charge in [-0.3, -0.25) is 0 Å². The minimum Gasteiger partial charge on any atom is -0.329 e. The van der Waals surface area contributed by atoms with Crippen LogP contribution in [0, 0.1) is 11.8 Å². The standard InChI is InChI=1S/C13H20F3N3O/c1-8(2)6-9-4-3-5-12(17,7-9)10-18-11(20-19-10)13(14,15)16/h8-9H,3-7,17H2,1-2H3. The smallest absolute Gasteiger partial charge is 0.329 e. The summed E-state index contributed by atoms with van der Waals surface area (Å²) in [5, 5.41) is 3.46. The summed E-state index contributed by atoms with van der Waals surface area (Å²) >= 11 is 0. The van der Waals surface area contributed by atoms with Crippen molar-refractivity contribution in [2.75, 3.05) is 0 Å². The molecule has 20 heavy (non-hydrogen) atoms. The van der Waals surface area contributed by atoms with E-state index in [-0.39, 0.29) is 5.82 Å². The highest BCUT2D eigenvalue weighted by Gasteiger charge is 2.43. The van der Waals surface area contributed by atoms with Crippen LogP contribution >= 0.6 is 0 Å². The van der Waals surface area contributed by atoms with Crippen molar-refractivity contribution in [2.45, 2.75) is 57.7 Å². The first-order valence-electron chi connectivity index (χ1n) is 6.91. The highest BCUT2D eigenvalue weighted by Crippen LogP contribution is 2.40. The summed E-state index contributed by atoms with van der Waals surface area (Å²) in [4.78, 5) is 3.46. The Hall–Kier alpha value is -1.11. The summed E-state index contributed by atoms with van der Waals surface area (Å²) in [6.45, 7) is 4.26. The van der Waals surface area contributed by atoms with Crippen LogP contribution in [-0.4, -0.2) is 10.1 Å². The number of alkyl halides is 3. The van der Waals surface area contributed by atoms with Crippen LogP contribution in [0.2, 0.25) is 0 Å². The molecule has 1 fully saturated rings. The first-order chi connectivity index (χ1) is 9.21. The van der Waals surface area contributed by atoms with Gasteiger partial charge in [-0.25, -0.2) is 0 Å². The zero-order chi connectivity index (χ0) is 15.0. The van der Waals surface area contributed by atoms with Gasteiger partial charge >= 0.3 is 12.1 Å². The van der Waals surface area contributed by atoms with Crippen LogP contribution in [-0.2, 0) is 11.7 Å². The number of aromatic nitrogens is 2. The van der Waals surface area contributed by atoms with E-state index in [0.29, 0.717) is 24.7 Å². The van der Waals surface area contributed by atoms with Crippen LogP contribution in [0.5, 0.6) is 0 Å². The van der Waals surface area contributed by atoms with E-state index >= 15 is 0 Å². The van der Waals surface area contributed by atoms with E-state index in [1.54, 1.807) is 0 Å². The van der Waals surface area contributed by atoms with Crippen molar-refractivity contribution in [1.82, 2.24) is 10.1 Å². The van der Waals surface area contributed by atoms with Gasteiger partial charge in [0.15, 0.2) is 5.82 Å². The molecule has 2 atom stereocenters. The summed E-state index contributed by atoms with van der Waals surface area (Å²) in [6.07, 6.45) is -0.456. The molecule has 2 N–H and O–H groups in total. The van der Waals surface area contributed by atoms with E-state index in [1.165, 1.54) is 0 Å². The number of nitrogens with zero attached hydrogens (tertiary/aromatic N) is 2. The SMILES string of the molecule is CC(C)CC1CCCC(N)(c2noc(C(F)(F)F)n2)C1. The minimum atomic E-state index is -4.62. The summed E-state index contributed by atoms with van der Waals surface area (Å²) in [5.74, 6) is -0.387. The molecule has 0 amide bonds. The van der Waals surface area contributed by atoms with Crippen LogP contribution in [0.15, 0.2) is 4.52 Å². The lowest BCUT2D eigenvalue weighted by Crippen LogP contribution is -2.42. The molecule has 2 unspecified atom stereocenters. The lowest BCUT2D eigenvalue weighted by Gasteiger charge is -2.36. The van der Waals surface area contributed by atoms with Crippen molar-refractivity contribution in [3.63, 3.8) is 0 Å². The molecule has 1 aliphatic carbocycles. The summed E-state index contributed by atoms with van der Waals surface area (Å²) in [7, 11) is 0. The van der Waals surface area contributed by atoms with Crippen molar-refractivity contribution in [1.29, 1.82) is 0 Å². The average Bonchev–Trinajstić information content (AvgIpc) is 2.77. The Bertz CT molecular complexity index is 458. The third-order valence-corrected chi connectivity index (χ3v) is 3.81. The van der Waals surface area contributed by atoms with Crippen molar-refractivity contribution >= 4 is 0 Å². The molecule has 114 valence electrons. The molecular formula is C13H20F3N3O. The predicted molar refractivity (Wildman–Crippen MR) is 66.6 cm³/mol. The topological polar surface area (TPSA) is 64.9 Å². The maximum atomic E-state index is 12.5. The lowest BCUT2D eigenvalue weighted by atomic mass is 9.73. The normalized spacial score (nSPS) is 28.1. The average molecular weight is 291 g/mol. The quantitative estimate of drug-likeness (QED) is 0.926. The zero-order valence-electron chi connectivity index (χ0n) is 11.7. The number of nitrogens with two attached hydrogens (primary N) is 1. The zero-order valence-corrected chi connectivity index (χ0v) is 11.7. The van der Waals surface area contributed by atoms with Gasteiger partial charge in [0.25, 0.3) is 0 Å². The highest BCUT2D eigenvalue weighted by molar-refractivity contribution is 5.07. The second-order valence-corrected chi connectivity index (χ2v) is 6.17. The molecule has 0 bridgehead atoms. The second-order valence-electron chi connectivity index (χ2n) is 6.17. The van der Waals surface area contributed by atoms with Gasteiger partial charge in [0, 0.05) is 0 Å². The van der Waals surface area contributed by atoms with Crippen molar-refractivity contribution in [3.8, 4) is 0 Å². The summed E-state index contributed by atoms with van der Waals surface area (Å²) in [5.41, 5.74) is 5.35. The molecule has 0 spiro atoms. The highest BCUT2D eigenvalue weighted by atomic mass is 19.4. The Morgan fingerprint density at radius 3 is 2.70 bits per heavy atom. The third kappa shape index (κ3) is 3.31. The maximum Gasteiger partial charge on any atom is 0.471 e. The van der Waals surface area contributed by atoms with Crippen LogP contribution in [0.4, 0.5) is 13.2 Å². The molecule has 1 aromatic rings. The number of halogens is 3. The first kappa shape index (κ1) is 15.3. The fourth-order valence-electron chi connectivity index (χ4n) is 3.04. The molecule has 0 radical (unpaired) electrons. The Morgan fingerprint density at radius 2 is 2.15 bits per heavy atom. The second kappa shape index (κ2) is 5.35. The van der Waals surface area contributed by atoms with Gasteiger partial charge in [-0.15, -0.1) is 0 Å². The van der Waals surface area contributed by atoms with Gasteiger partial charge in [0.1, 0.15) is 0 Å². The Labute approximate surface area is 115 Å². The van der Waals surface area contributed by atoms with Crippen LogP contribution < -0.4 is 5.73 Å². The number of rotatable bonds is 3. The molecule has 1 aromatic heterocycles. The first-order valence-corrected chi connectivity index (χ1v) is 6.91. The molecule has 1 saturated carbocycles. The number of hydrogen-bond acceptors (Lipinski definition) is 4. The Kier molecular flexibility index (Phi) is 4.09. The van der Waals surface area contributed by atoms with Gasteiger partial charge in [0.05, 0.1) is 5.54 Å². The molecule has 7 heteroatoms. The Balaban J connectivity index is 2.15. The van der Waals surface area contributed by atoms with Crippen molar-refractivity contribution in [2.24, 2.45) is 17.6 Å². The monoisotopic (exact) mass is 291 g/mol. The van der Waals surface area contributed by atoms with Crippen LogP contribution in [0.1, 0.15) is 57.7 Å². The van der Waals surface area contributed by atoms with Gasteiger partial charge in [0.2, 0.25) is 0 Å². The molecule has 2 rings (SSSR count). The van der Waals surface area contributed by atoms with Crippen LogP contribution in [0.25, 0.3) is 0 Å². The van der Waals surface area contributed by atoms with Gasteiger partial charge in [-0.1, -0.05) is 31.8 Å². The summed E-state index contributed by atoms with van der Waals surface area (Å²) in [6, 6.07) is 0. The summed E-state index contributed by atoms with van der Waals surface area (Å²) < 4.78 is 41.8. The van der Waals surface area contributed by atoms with E-state index < -0.39 is 17.6 Å². The van der Waals surface area contributed by atoms with E-state index in [9.17, 15) is 13.2 Å². The third-order valence-electron chi connectivity index (χ3n) is 3.81. The maximum absolute atomic E-state index is 12.5. The molecule has 1 heterocycles. The lowest BCUT2D eigenvalue weighted by molar-refractivity contribution is -0.159.